The van der Waals surface area contributed by atoms with E-state index in [-0.39, 0.29) is 34.2 Å². The number of hydrogen-bond acceptors (Lipinski definition) is 8. The van der Waals surface area contributed by atoms with Crippen LogP contribution >= 0.6 is 11.3 Å². The van der Waals surface area contributed by atoms with E-state index in [0.29, 0.717) is 21.3 Å². The third-order valence-corrected chi connectivity index (χ3v) is 5.19. The number of nitrogens with zero attached hydrogens (tertiary/aromatic N) is 4. The van der Waals surface area contributed by atoms with E-state index in [0.717, 1.165) is 11.3 Å². The molecule has 140 valence electrons. The van der Waals surface area contributed by atoms with Crippen molar-refractivity contribution in [3.05, 3.63) is 22.2 Å². The van der Waals surface area contributed by atoms with Crippen molar-refractivity contribution in [2.75, 3.05) is 16.8 Å². The molecule has 0 fully saturated rings. The van der Waals surface area contributed by atoms with E-state index < -0.39 is 5.91 Å². The van der Waals surface area contributed by atoms with Crippen molar-refractivity contribution < 1.29 is 14.0 Å². The van der Waals surface area contributed by atoms with Crippen LogP contribution in [0.15, 0.2) is 10.7 Å². The Kier molecular flexibility index (Phi) is 4.72. The molecular weight excluding hydrogens is 366 g/mol. The van der Waals surface area contributed by atoms with Gasteiger partial charge in [0, 0.05) is 5.39 Å². The number of anilines is 3. The Bertz CT molecular complexity index is 1080. The molecule has 0 aromatic carbocycles. The number of nitrogens with one attached hydrogen (secondary N) is 1. The Morgan fingerprint density at radius 3 is 2.63 bits per heavy atom. The van der Waals surface area contributed by atoms with E-state index in [1.807, 2.05) is 27.7 Å². The van der Waals surface area contributed by atoms with Gasteiger partial charge in [0.1, 0.15) is 21.6 Å². The molecule has 0 aliphatic heterocycles. The lowest BCUT2D eigenvalue weighted by Gasteiger charge is -2.12. The molecule has 3 aromatic rings. The Morgan fingerprint density at radius 2 is 2.07 bits per heavy atom. The summed E-state index contributed by atoms with van der Waals surface area (Å²) in [6.07, 6.45) is 1.59. The zero-order chi connectivity index (χ0) is 19.9. The maximum atomic E-state index is 12.7. The second-order valence-corrected chi connectivity index (χ2v) is 7.67. The minimum atomic E-state index is -0.436. The topological polar surface area (TPSA) is 148 Å². The zero-order valence-electron chi connectivity index (χ0n) is 15.4. The van der Waals surface area contributed by atoms with Crippen LogP contribution in [0.5, 0.6) is 0 Å². The van der Waals surface area contributed by atoms with Crippen LogP contribution < -0.4 is 21.5 Å². The molecule has 3 rings (SSSR count). The average Bonchev–Trinajstić information content (AvgIpc) is 3.18. The van der Waals surface area contributed by atoms with Gasteiger partial charge in [-0.1, -0.05) is 13.8 Å². The van der Waals surface area contributed by atoms with Crippen molar-refractivity contribution in [3.8, 4) is 6.07 Å². The zero-order valence-corrected chi connectivity index (χ0v) is 16.2. The molecular formula is C17H20N7O2S+. The molecule has 27 heavy (non-hydrogen) atoms. The second kappa shape index (κ2) is 6.85. The third kappa shape index (κ3) is 3.17. The number of carbonyl (C=O) groups is 1. The summed E-state index contributed by atoms with van der Waals surface area (Å²) in [6, 6.07) is 2.19. The molecule has 0 saturated carbocycles. The third-order valence-electron chi connectivity index (χ3n) is 4.09. The molecule has 3 aromatic heterocycles. The van der Waals surface area contributed by atoms with Gasteiger partial charge in [-0.2, -0.15) is 5.26 Å². The van der Waals surface area contributed by atoms with Crippen LogP contribution in [-0.2, 0) is 0 Å². The maximum Gasteiger partial charge on any atom is 0.302 e. The highest BCUT2D eigenvalue weighted by atomic mass is 32.1. The molecule has 9 nitrogen and oxygen atoms in total. The smallest absolute Gasteiger partial charge is 0.302 e. The number of thiophene rings is 1. The highest BCUT2D eigenvalue weighted by Gasteiger charge is 2.26. The normalized spacial score (nSPS) is 11.3. The Labute approximate surface area is 159 Å². The van der Waals surface area contributed by atoms with Crippen LogP contribution in [-0.4, -0.2) is 16.2 Å². The van der Waals surface area contributed by atoms with Gasteiger partial charge < -0.3 is 11.5 Å². The van der Waals surface area contributed by atoms with E-state index in [1.54, 1.807) is 10.9 Å². The van der Waals surface area contributed by atoms with Gasteiger partial charge in [-0.25, -0.2) is 4.98 Å². The highest BCUT2D eigenvalue weighted by molar-refractivity contribution is 7.21. The number of nitrogens with two attached hydrogens (primary N) is 2. The standard InChI is InChI=1S/C17H19N7O2S/c1-7(2)11-9(5-18)15(20)22-17-12(11)13(19)14(27-17)16(25)21-10-6-24(8(3)4)23-26-10/h6-8H,1-4H3,(H4-,19,20,21,22,23,25)/p+1. The first-order valence-electron chi connectivity index (χ1n) is 8.35. The molecule has 0 bridgehead atoms. The van der Waals surface area contributed by atoms with Crippen molar-refractivity contribution >= 4 is 44.9 Å². The number of nitriles is 1. The van der Waals surface area contributed by atoms with E-state index in [9.17, 15) is 10.1 Å². The number of carbonyl (C=O) groups excluding carboxylic acids is 1. The van der Waals surface area contributed by atoms with Gasteiger partial charge in [0.15, 0.2) is 6.04 Å². The fraction of sp³-hybridized carbons (Fsp3) is 0.353. The van der Waals surface area contributed by atoms with Crippen molar-refractivity contribution in [1.29, 1.82) is 5.26 Å². The van der Waals surface area contributed by atoms with Crippen LogP contribution in [0, 0.1) is 11.3 Å². The van der Waals surface area contributed by atoms with Gasteiger partial charge in [-0.3, -0.25) is 14.6 Å². The number of rotatable bonds is 4. The predicted octanol–water partition coefficient (Wildman–Crippen LogP) is 2.56. The number of fused-ring (bicyclic) bond motifs is 1. The number of pyridine rings is 1. The summed E-state index contributed by atoms with van der Waals surface area (Å²) in [5.41, 5.74) is 13.5. The maximum absolute atomic E-state index is 12.7. The average molecular weight is 386 g/mol. The summed E-state index contributed by atoms with van der Waals surface area (Å²) in [5, 5.41) is 16.5. The van der Waals surface area contributed by atoms with Gasteiger partial charge in [0.05, 0.1) is 11.3 Å². The van der Waals surface area contributed by atoms with E-state index in [1.165, 1.54) is 0 Å². The molecule has 0 aliphatic rings. The van der Waals surface area contributed by atoms with E-state index in [4.69, 9.17) is 16.0 Å². The molecule has 5 N–H and O–H groups in total. The van der Waals surface area contributed by atoms with Crippen molar-refractivity contribution in [2.45, 2.75) is 39.7 Å². The van der Waals surface area contributed by atoms with Crippen molar-refractivity contribution in [3.63, 3.8) is 0 Å². The Hall–Kier alpha value is -3.19. The van der Waals surface area contributed by atoms with Gasteiger partial charge in [-0.05, 0) is 30.0 Å². The lowest BCUT2D eigenvalue weighted by Crippen LogP contribution is -2.36. The van der Waals surface area contributed by atoms with E-state index in [2.05, 4.69) is 21.6 Å². The van der Waals surface area contributed by atoms with Crippen LogP contribution in [0.4, 0.5) is 17.4 Å². The molecule has 0 aliphatic carbocycles. The molecule has 0 saturated heterocycles. The summed E-state index contributed by atoms with van der Waals surface area (Å²) in [4.78, 5) is 17.8. The molecule has 3 heterocycles. The first-order valence-corrected chi connectivity index (χ1v) is 9.17. The quantitative estimate of drug-likeness (QED) is 0.583. The summed E-state index contributed by atoms with van der Waals surface area (Å²) in [5.74, 6) is -0.108. The minimum Gasteiger partial charge on any atom is -0.397 e. The second-order valence-electron chi connectivity index (χ2n) is 6.67. The molecule has 0 atom stereocenters. The van der Waals surface area contributed by atoms with Crippen molar-refractivity contribution in [1.82, 2.24) is 10.3 Å². The monoisotopic (exact) mass is 386 g/mol. The fourth-order valence-corrected chi connectivity index (χ4v) is 3.80. The first kappa shape index (κ1) is 18.6. The predicted molar refractivity (Wildman–Crippen MR) is 102 cm³/mol. The molecule has 0 unspecified atom stereocenters. The van der Waals surface area contributed by atoms with Crippen LogP contribution in [0.3, 0.4) is 0 Å². The lowest BCUT2D eigenvalue weighted by atomic mass is 9.95. The van der Waals surface area contributed by atoms with Gasteiger partial charge in [0.2, 0.25) is 5.27 Å². The number of nitrogen functional groups attached to an aromatic ring is 2. The Balaban J connectivity index is 2.07. The van der Waals surface area contributed by atoms with Crippen LogP contribution in [0.2, 0.25) is 0 Å². The van der Waals surface area contributed by atoms with Gasteiger partial charge in [0.25, 0.3) is 12.1 Å². The summed E-state index contributed by atoms with van der Waals surface area (Å²) in [7, 11) is 0. The van der Waals surface area contributed by atoms with E-state index >= 15 is 0 Å². The number of aromatic nitrogens is 3. The molecule has 10 heteroatoms. The molecule has 1 amide bonds. The SMILES string of the molecule is CC(C)c1c(C#N)c(N)nc2sc(C(=O)Nc3c[n+](C(C)C)no3)c(N)c12. The summed E-state index contributed by atoms with van der Waals surface area (Å²) in [6.45, 7) is 7.75. The summed E-state index contributed by atoms with van der Waals surface area (Å²) < 4.78 is 6.70. The van der Waals surface area contributed by atoms with Crippen LogP contribution in [0.1, 0.15) is 60.5 Å². The molecule has 0 radical (unpaired) electrons. The number of hydrogen-bond donors (Lipinski definition) is 3. The van der Waals surface area contributed by atoms with Gasteiger partial charge in [-0.15, -0.1) is 11.3 Å². The fourth-order valence-electron chi connectivity index (χ4n) is 2.79. The first-order chi connectivity index (χ1) is 12.7. The van der Waals surface area contributed by atoms with Crippen molar-refractivity contribution in [2.24, 2.45) is 0 Å². The number of amides is 1. The summed E-state index contributed by atoms with van der Waals surface area (Å²) >= 11 is 1.12. The largest absolute Gasteiger partial charge is 0.397 e. The van der Waals surface area contributed by atoms with Crippen LogP contribution in [0.25, 0.3) is 10.2 Å². The Morgan fingerprint density at radius 1 is 1.37 bits per heavy atom. The van der Waals surface area contributed by atoms with Gasteiger partial charge >= 0.3 is 5.88 Å². The lowest BCUT2D eigenvalue weighted by molar-refractivity contribution is -0.779. The highest BCUT2D eigenvalue weighted by Crippen LogP contribution is 2.40. The minimum absolute atomic E-state index is 0.0143. The molecule has 0 spiro atoms.